The lowest BCUT2D eigenvalue weighted by atomic mass is 9.87. The van der Waals surface area contributed by atoms with Crippen molar-refractivity contribution in [3.8, 4) is 0 Å². The summed E-state index contributed by atoms with van der Waals surface area (Å²) in [5.41, 5.74) is 6.61. The van der Waals surface area contributed by atoms with Crippen molar-refractivity contribution < 1.29 is 0 Å². The van der Waals surface area contributed by atoms with E-state index < -0.39 is 0 Å². The van der Waals surface area contributed by atoms with Crippen LogP contribution >= 0.6 is 0 Å². The van der Waals surface area contributed by atoms with E-state index in [1.165, 1.54) is 71.2 Å². The first-order valence-electron chi connectivity index (χ1n) is 9.08. The van der Waals surface area contributed by atoms with Crippen LogP contribution in [0.2, 0.25) is 0 Å². The van der Waals surface area contributed by atoms with Crippen molar-refractivity contribution in [3.05, 3.63) is 0 Å². The van der Waals surface area contributed by atoms with E-state index in [2.05, 4.69) is 28.7 Å². The number of fused-ring (bicyclic) bond motifs is 2. The second kappa shape index (κ2) is 6.53. The van der Waals surface area contributed by atoms with Gasteiger partial charge in [-0.2, -0.15) is 0 Å². The minimum Gasteiger partial charge on any atom is -0.329 e. The molecule has 122 valence electrons. The molecule has 3 aliphatic heterocycles. The van der Waals surface area contributed by atoms with Crippen LogP contribution in [-0.2, 0) is 0 Å². The Morgan fingerprint density at radius 3 is 2.62 bits per heavy atom. The minimum absolute atomic E-state index is 0.273. The molecule has 0 aromatic heterocycles. The second-order valence-electron chi connectivity index (χ2n) is 7.50. The summed E-state index contributed by atoms with van der Waals surface area (Å²) in [6.45, 7) is 9.31. The fourth-order valence-electron chi connectivity index (χ4n) is 4.94. The highest BCUT2D eigenvalue weighted by Crippen LogP contribution is 2.35. The number of likely N-dealkylation sites (tertiary alicyclic amines) is 2. The van der Waals surface area contributed by atoms with Crippen LogP contribution in [0, 0.1) is 0 Å². The monoisotopic (exact) mass is 294 g/mol. The Kier molecular flexibility index (Phi) is 4.89. The molecule has 3 aliphatic rings. The quantitative estimate of drug-likeness (QED) is 0.852. The fourth-order valence-corrected chi connectivity index (χ4v) is 4.94. The minimum atomic E-state index is 0.273. The Bertz CT molecular complexity index is 348. The molecule has 4 heteroatoms. The Hall–Kier alpha value is -0.160. The van der Waals surface area contributed by atoms with Gasteiger partial charge in [-0.15, -0.1) is 0 Å². The van der Waals surface area contributed by atoms with E-state index in [-0.39, 0.29) is 5.54 Å². The molecular formula is C17H34N4. The van der Waals surface area contributed by atoms with E-state index >= 15 is 0 Å². The standard InChI is InChI=1S/C17H34N4/c1-3-20-10-4-8-17(14-18,9-12-20)21-11-7-15-5-6-16(13-21)19(15)2/h15-16H,3-14,18H2,1-2H3. The number of rotatable bonds is 3. The summed E-state index contributed by atoms with van der Waals surface area (Å²) < 4.78 is 0. The molecule has 0 aliphatic carbocycles. The van der Waals surface area contributed by atoms with Gasteiger partial charge in [0.1, 0.15) is 0 Å². The van der Waals surface area contributed by atoms with E-state index in [1.807, 2.05) is 0 Å². The lowest BCUT2D eigenvalue weighted by molar-refractivity contribution is 0.0682. The molecule has 3 heterocycles. The topological polar surface area (TPSA) is 35.7 Å². The molecule has 0 aromatic carbocycles. The maximum Gasteiger partial charge on any atom is 0.0345 e. The summed E-state index contributed by atoms with van der Waals surface area (Å²) in [6, 6.07) is 1.60. The van der Waals surface area contributed by atoms with Crippen LogP contribution in [-0.4, -0.2) is 78.6 Å². The molecular weight excluding hydrogens is 260 g/mol. The first-order valence-corrected chi connectivity index (χ1v) is 9.08. The lowest BCUT2D eigenvalue weighted by Gasteiger charge is -2.44. The summed E-state index contributed by atoms with van der Waals surface area (Å²) in [6.07, 6.45) is 8.00. The van der Waals surface area contributed by atoms with Crippen molar-refractivity contribution in [2.45, 2.75) is 63.1 Å². The summed E-state index contributed by atoms with van der Waals surface area (Å²) in [7, 11) is 2.34. The molecule has 3 unspecified atom stereocenters. The molecule has 4 nitrogen and oxygen atoms in total. The van der Waals surface area contributed by atoms with Crippen molar-refractivity contribution in [2.24, 2.45) is 5.73 Å². The molecule has 3 saturated heterocycles. The van der Waals surface area contributed by atoms with Gasteiger partial charge in [0.05, 0.1) is 0 Å². The SMILES string of the molecule is CCN1CCCC(CN)(N2CCC3CCC(C2)N3C)CC1. The van der Waals surface area contributed by atoms with Crippen LogP contribution in [0.4, 0.5) is 0 Å². The molecule has 0 saturated carbocycles. The van der Waals surface area contributed by atoms with Crippen molar-refractivity contribution in [1.29, 1.82) is 0 Å². The summed E-state index contributed by atoms with van der Waals surface area (Å²) >= 11 is 0. The van der Waals surface area contributed by atoms with Crippen LogP contribution in [0.5, 0.6) is 0 Å². The molecule has 0 spiro atoms. The Morgan fingerprint density at radius 1 is 1.05 bits per heavy atom. The number of nitrogens with zero attached hydrogens (tertiary/aromatic N) is 3. The van der Waals surface area contributed by atoms with Gasteiger partial charge in [-0.05, 0) is 65.2 Å². The first-order chi connectivity index (χ1) is 10.2. The maximum atomic E-state index is 6.34. The third-order valence-corrected chi connectivity index (χ3v) is 6.66. The van der Waals surface area contributed by atoms with Gasteiger partial charge >= 0.3 is 0 Å². The van der Waals surface area contributed by atoms with E-state index in [0.717, 1.165) is 18.6 Å². The highest BCUT2D eigenvalue weighted by atomic mass is 15.3. The maximum absolute atomic E-state index is 6.34. The zero-order valence-corrected chi connectivity index (χ0v) is 14.1. The van der Waals surface area contributed by atoms with Crippen LogP contribution in [0.25, 0.3) is 0 Å². The number of nitrogens with two attached hydrogens (primary N) is 1. The van der Waals surface area contributed by atoms with Gasteiger partial charge < -0.3 is 10.6 Å². The van der Waals surface area contributed by atoms with Crippen molar-refractivity contribution in [1.82, 2.24) is 14.7 Å². The molecule has 21 heavy (non-hydrogen) atoms. The van der Waals surface area contributed by atoms with Gasteiger partial charge in [0.2, 0.25) is 0 Å². The van der Waals surface area contributed by atoms with Crippen LogP contribution in [0.3, 0.4) is 0 Å². The van der Waals surface area contributed by atoms with Gasteiger partial charge in [-0.25, -0.2) is 0 Å². The van der Waals surface area contributed by atoms with Gasteiger partial charge in [-0.3, -0.25) is 9.80 Å². The summed E-state index contributed by atoms with van der Waals surface area (Å²) in [5, 5.41) is 0. The lowest BCUT2D eigenvalue weighted by Crippen LogP contribution is -2.56. The number of hydrogen-bond donors (Lipinski definition) is 1. The van der Waals surface area contributed by atoms with Crippen molar-refractivity contribution in [2.75, 3.05) is 46.3 Å². The number of hydrogen-bond acceptors (Lipinski definition) is 4. The Labute approximate surface area is 130 Å². The van der Waals surface area contributed by atoms with E-state index in [4.69, 9.17) is 5.73 Å². The molecule has 2 bridgehead atoms. The summed E-state index contributed by atoms with van der Waals surface area (Å²) in [4.78, 5) is 8.05. The average Bonchev–Trinajstić information content (AvgIpc) is 2.67. The Balaban J connectivity index is 1.73. The van der Waals surface area contributed by atoms with Gasteiger partial charge in [-0.1, -0.05) is 6.92 Å². The number of likely N-dealkylation sites (N-methyl/N-ethyl adjacent to an activating group) is 1. The molecule has 0 aromatic rings. The smallest absolute Gasteiger partial charge is 0.0345 e. The van der Waals surface area contributed by atoms with Gasteiger partial charge in [0.15, 0.2) is 0 Å². The zero-order chi connectivity index (χ0) is 14.9. The highest BCUT2D eigenvalue weighted by Gasteiger charge is 2.42. The Morgan fingerprint density at radius 2 is 1.86 bits per heavy atom. The van der Waals surface area contributed by atoms with Crippen LogP contribution < -0.4 is 5.73 Å². The fraction of sp³-hybridized carbons (Fsp3) is 1.00. The van der Waals surface area contributed by atoms with Gasteiger partial charge in [0.25, 0.3) is 0 Å². The third-order valence-electron chi connectivity index (χ3n) is 6.66. The second-order valence-corrected chi connectivity index (χ2v) is 7.50. The molecule has 3 fully saturated rings. The molecule has 3 atom stereocenters. The van der Waals surface area contributed by atoms with E-state index in [1.54, 1.807) is 0 Å². The van der Waals surface area contributed by atoms with Crippen molar-refractivity contribution >= 4 is 0 Å². The molecule has 2 N–H and O–H groups in total. The predicted octanol–water partition coefficient (Wildman–Crippen LogP) is 1.36. The molecule has 0 radical (unpaired) electrons. The predicted molar refractivity (Wildman–Crippen MR) is 88.5 cm³/mol. The third kappa shape index (κ3) is 3.00. The van der Waals surface area contributed by atoms with E-state index in [9.17, 15) is 0 Å². The zero-order valence-electron chi connectivity index (χ0n) is 14.1. The highest BCUT2D eigenvalue weighted by molar-refractivity contribution is 5.00. The normalized spacial score (nSPS) is 40.1. The largest absolute Gasteiger partial charge is 0.329 e. The average molecular weight is 294 g/mol. The van der Waals surface area contributed by atoms with Crippen molar-refractivity contribution in [3.63, 3.8) is 0 Å². The van der Waals surface area contributed by atoms with E-state index in [0.29, 0.717) is 0 Å². The summed E-state index contributed by atoms with van der Waals surface area (Å²) in [5.74, 6) is 0. The molecule has 0 amide bonds. The van der Waals surface area contributed by atoms with Gasteiger partial charge in [0, 0.05) is 37.3 Å². The first kappa shape index (κ1) is 15.7. The van der Waals surface area contributed by atoms with Crippen LogP contribution in [0.15, 0.2) is 0 Å². The molecule has 3 rings (SSSR count). The van der Waals surface area contributed by atoms with Crippen LogP contribution in [0.1, 0.15) is 45.4 Å².